The van der Waals surface area contributed by atoms with Gasteiger partial charge in [0, 0.05) is 6.07 Å². The number of anilines is 1. The Labute approximate surface area is 139 Å². The monoisotopic (exact) mass is 328 g/mol. The molecule has 0 aliphatic carbocycles. The summed E-state index contributed by atoms with van der Waals surface area (Å²) < 4.78 is 0. The van der Waals surface area contributed by atoms with Crippen molar-refractivity contribution in [3.8, 4) is 0 Å². The molecule has 6 nitrogen and oxygen atoms in total. The molecular weight excluding hydrogens is 312 g/mol. The third-order valence-electron chi connectivity index (χ3n) is 3.14. The molecule has 2 N–H and O–H groups in total. The molecule has 118 valence electrons. The highest BCUT2D eigenvalue weighted by Crippen LogP contribution is 2.22. The first-order valence-electron chi connectivity index (χ1n) is 6.88. The lowest BCUT2D eigenvalue weighted by molar-refractivity contribution is -0.383. The lowest BCUT2D eigenvalue weighted by Crippen LogP contribution is -2.24. The van der Waals surface area contributed by atoms with E-state index in [9.17, 15) is 10.1 Å². The van der Waals surface area contributed by atoms with Crippen LogP contribution in [0, 0.1) is 24.0 Å². The molecule has 0 heterocycles. The predicted molar refractivity (Wildman–Crippen MR) is 96.0 cm³/mol. The van der Waals surface area contributed by atoms with Gasteiger partial charge in [0.25, 0.3) is 5.69 Å². The van der Waals surface area contributed by atoms with E-state index in [1.165, 1.54) is 11.6 Å². The van der Waals surface area contributed by atoms with Gasteiger partial charge in [-0.2, -0.15) is 5.10 Å². The van der Waals surface area contributed by atoms with Crippen molar-refractivity contribution in [2.45, 2.75) is 13.8 Å². The van der Waals surface area contributed by atoms with E-state index >= 15 is 0 Å². The molecule has 0 saturated heterocycles. The van der Waals surface area contributed by atoms with Crippen molar-refractivity contribution in [3.05, 3.63) is 69.3 Å². The van der Waals surface area contributed by atoms with Crippen molar-refractivity contribution in [2.75, 3.05) is 5.32 Å². The molecule has 0 saturated carbocycles. The van der Waals surface area contributed by atoms with Gasteiger partial charge in [-0.25, -0.2) is 0 Å². The molecule has 0 aromatic heterocycles. The van der Waals surface area contributed by atoms with Gasteiger partial charge in [0.05, 0.1) is 11.1 Å². The molecule has 2 aromatic rings. The minimum Gasteiger partial charge on any atom is -0.326 e. The van der Waals surface area contributed by atoms with Crippen molar-refractivity contribution in [1.29, 1.82) is 0 Å². The Balaban J connectivity index is 2.00. The van der Waals surface area contributed by atoms with Gasteiger partial charge in [0.15, 0.2) is 5.11 Å². The quantitative estimate of drug-likeness (QED) is 0.388. The largest absolute Gasteiger partial charge is 0.326 e. The van der Waals surface area contributed by atoms with Crippen molar-refractivity contribution in [1.82, 2.24) is 5.43 Å². The number of nitro benzene ring substituents is 1. The Kier molecular flexibility index (Phi) is 5.37. The Morgan fingerprint density at radius 2 is 2.00 bits per heavy atom. The first kappa shape index (κ1) is 16.6. The zero-order valence-corrected chi connectivity index (χ0v) is 13.6. The summed E-state index contributed by atoms with van der Waals surface area (Å²) in [7, 11) is 0. The van der Waals surface area contributed by atoms with Crippen LogP contribution in [0.3, 0.4) is 0 Å². The minimum atomic E-state index is -0.468. The van der Waals surface area contributed by atoms with Crippen LogP contribution in [-0.4, -0.2) is 16.3 Å². The highest BCUT2D eigenvalue weighted by atomic mass is 32.1. The topological polar surface area (TPSA) is 79.6 Å². The average molecular weight is 328 g/mol. The van der Waals surface area contributed by atoms with E-state index in [0.29, 0.717) is 5.69 Å². The fraction of sp³-hybridized carbons (Fsp3) is 0.125. The lowest BCUT2D eigenvalue weighted by atomic mass is 10.1. The van der Waals surface area contributed by atoms with Crippen LogP contribution in [0.4, 0.5) is 11.4 Å². The fourth-order valence-electron chi connectivity index (χ4n) is 2.02. The normalized spacial score (nSPS) is 10.5. The van der Waals surface area contributed by atoms with Crippen LogP contribution in [0.1, 0.15) is 16.7 Å². The van der Waals surface area contributed by atoms with Gasteiger partial charge in [-0.1, -0.05) is 35.9 Å². The van der Waals surface area contributed by atoms with Crippen molar-refractivity contribution < 1.29 is 4.92 Å². The number of para-hydroxylation sites is 2. The lowest BCUT2D eigenvalue weighted by Gasteiger charge is -2.07. The summed E-state index contributed by atoms with van der Waals surface area (Å²) in [5.41, 5.74) is 6.18. The van der Waals surface area contributed by atoms with Crippen molar-refractivity contribution in [3.63, 3.8) is 0 Å². The molecule has 7 heteroatoms. The van der Waals surface area contributed by atoms with Crippen LogP contribution in [0.5, 0.6) is 0 Å². The van der Waals surface area contributed by atoms with E-state index in [-0.39, 0.29) is 10.8 Å². The van der Waals surface area contributed by atoms with E-state index < -0.39 is 4.92 Å². The zero-order chi connectivity index (χ0) is 16.8. The van der Waals surface area contributed by atoms with E-state index in [0.717, 1.165) is 11.1 Å². The molecule has 0 aliphatic heterocycles. The Hall–Kier alpha value is -2.80. The third-order valence-corrected chi connectivity index (χ3v) is 3.34. The Bertz CT molecular complexity index is 774. The summed E-state index contributed by atoms with van der Waals surface area (Å²) in [5.74, 6) is 0. The molecule has 2 rings (SSSR count). The summed E-state index contributed by atoms with van der Waals surface area (Å²) in [6.07, 6.45) is 1.65. The molecule has 0 unspecified atom stereocenters. The van der Waals surface area contributed by atoms with E-state index in [1.54, 1.807) is 24.4 Å². The molecule has 0 fully saturated rings. The van der Waals surface area contributed by atoms with Gasteiger partial charge in [-0.3, -0.25) is 15.5 Å². The number of thiocarbonyl (C=S) groups is 1. The highest BCUT2D eigenvalue weighted by Gasteiger charge is 2.12. The molecule has 0 radical (unpaired) electrons. The van der Waals surface area contributed by atoms with Crippen LogP contribution < -0.4 is 10.7 Å². The van der Waals surface area contributed by atoms with Gasteiger partial charge in [-0.05, 0) is 43.3 Å². The van der Waals surface area contributed by atoms with Crippen LogP contribution in [0.2, 0.25) is 0 Å². The van der Waals surface area contributed by atoms with Crippen molar-refractivity contribution in [2.24, 2.45) is 5.10 Å². The standard InChI is InChI=1S/C16H16N4O2S/c1-11-7-8-13(12(2)9-11)10-17-19-16(23)18-14-5-3-4-6-15(14)20(21)22/h3-10H,1-2H3,(H2,18,19,23)/b17-10-. The number of nitrogens with one attached hydrogen (secondary N) is 2. The van der Waals surface area contributed by atoms with Gasteiger partial charge < -0.3 is 5.32 Å². The molecule has 2 aromatic carbocycles. The number of rotatable bonds is 4. The summed E-state index contributed by atoms with van der Waals surface area (Å²) in [4.78, 5) is 10.5. The molecule has 0 aliphatic rings. The van der Waals surface area contributed by atoms with Gasteiger partial charge in [0.2, 0.25) is 0 Å². The number of nitro groups is 1. The number of nitrogens with zero attached hydrogens (tertiary/aromatic N) is 2. The summed E-state index contributed by atoms with van der Waals surface area (Å²) in [6.45, 7) is 4.02. The minimum absolute atomic E-state index is 0.0463. The first-order chi connectivity index (χ1) is 11.0. The van der Waals surface area contributed by atoms with E-state index in [2.05, 4.69) is 21.9 Å². The SMILES string of the molecule is Cc1ccc(/C=N\NC(=S)Nc2ccccc2[N+](=O)[O-])c(C)c1. The fourth-order valence-corrected chi connectivity index (χ4v) is 2.18. The number of hydrazone groups is 1. The first-order valence-corrected chi connectivity index (χ1v) is 7.29. The van der Waals surface area contributed by atoms with Crippen LogP contribution >= 0.6 is 12.2 Å². The maximum absolute atomic E-state index is 10.9. The van der Waals surface area contributed by atoms with E-state index in [4.69, 9.17) is 12.2 Å². The second-order valence-electron chi connectivity index (χ2n) is 4.96. The molecule has 0 bridgehead atoms. The summed E-state index contributed by atoms with van der Waals surface area (Å²) >= 11 is 5.09. The van der Waals surface area contributed by atoms with Crippen LogP contribution in [0.25, 0.3) is 0 Å². The summed E-state index contributed by atoms with van der Waals surface area (Å²) in [6, 6.07) is 12.3. The second-order valence-corrected chi connectivity index (χ2v) is 5.37. The maximum atomic E-state index is 10.9. The molecule has 0 spiro atoms. The Morgan fingerprint density at radius 1 is 1.26 bits per heavy atom. The van der Waals surface area contributed by atoms with Gasteiger partial charge in [0.1, 0.15) is 5.69 Å². The zero-order valence-electron chi connectivity index (χ0n) is 12.7. The van der Waals surface area contributed by atoms with Gasteiger partial charge in [-0.15, -0.1) is 0 Å². The molecular formula is C16H16N4O2S. The molecule has 0 amide bonds. The smallest absolute Gasteiger partial charge is 0.292 e. The van der Waals surface area contributed by atoms with Crippen molar-refractivity contribution >= 4 is 34.9 Å². The number of benzene rings is 2. The Morgan fingerprint density at radius 3 is 2.70 bits per heavy atom. The predicted octanol–water partition coefficient (Wildman–Crippen LogP) is 3.53. The second kappa shape index (κ2) is 7.46. The van der Waals surface area contributed by atoms with Crippen LogP contribution in [-0.2, 0) is 0 Å². The molecule has 23 heavy (non-hydrogen) atoms. The van der Waals surface area contributed by atoms with Crippen LogP contribution in [0.15, 0.2) is 47.6 Å². The number of hydrogen-bond donors (Lipinski definition) is 2. The maximum Gasteiger partial charge on any atom is 0.292 e. The molecule has 0 atom stereocenters. The summed E-state index contributed by atoms with van der Waals surface area (Å²) in [5, 5.41) is 17.9. The average Bonchev–Trinajstić information content (AvgIpc) is 2.50. The number of aryl methyl sites for hydroxylation is 2. The third kappa shape index (κ3) is 4.58. The number of hydrogen-bond acceptors (Lipinski definition) is 4. The highest BCUT2D eigenvalue weighted by molar-refractivity contribution is 7.80. The van der Waals surface area contributed by atoms with Gasteiger partial charge >= 0.3 is 0 Å². The van der Waals surface area contributed by atoms with E-state index in [1.807, 2.05) is 26.0 Å².